The topological polar surface area (TPSA) is 21.3 Å². The van der Waals surface area contributed by atoms with E-state index < -0.39 is 0 Å². The maximum atomic E-state index is 5.27. The van der Waals surface area contributed by atoms with E-state index >= 15 is 0 Å². The first-order valence-electron chi connectivity index (χ1n) is 4.95. The summed E-state index contributed by atoms with van der Waals surface area (Å²) in [5, 5.41) is 3.31. The Kier molecular flexibility index (Phi) is 3.47. The van der Waals surface area contributed by atoms with E-state index in [0.717, 1.165) is 21.6 Å². The zero-order valence-electron chi connectivity index (χ0n) is 8.91. The lowest BCUT2D eigenvalue weighted by atomic mass is 10.2. The van der Waals surface area contributed by atoms with Gasteiger partial charge in [-0.3, -0.25) is 0 Å². The van der Waals surface area contributed by atoms with Crippen LogP contribution in [0.3, 0.4) is 0 Å². The van der Waals surface area contributed by atoms with Crippen LogP contribution in [0.25, 0.3) is 0 Å². The lowest BCUT2D eigenvalue weighted by Gasteiger charge is -2.10. The third-order valence-corrected chi connectivity index (χ3v) is 2.70. The summed E-state index contributed by atoms with van der Waals surface area (Å²) < 4.78 is 6.32. The summed E-state index contributed by atoms with van der Waals surface area (Å²) in [7, 11) is 1.67. The lowest BCUT2D eigenvalue weighted by Crippen LogP contribution is -1.93. The SMILES string of the molecule is COc1ccccc1Nc1cccc(Br)c1. The van der Waals surface area contributed by atoms with Crippen LogP contribution in [0.15, 0.2) is 53.0 Å². The van der Waals surface area contributed by atoms with Crippen molar-refractivity contribution in [1.29, 1.82) is 0 Å². The third-order valence-electron chi connectivity index (χ3n) is 2.21. The van der Waals surface area contributed by atoms with Crippen LogP contribution in [-0.4, -0.2) is 7.11 Å². The Labute approximate surface area is 103 Å². The van der Waals surface area contributed by atoms with Gasteiger partial charge in [0.2, 0.25) is 0 Å². The summed E-state index contributed by atoms with van der Waals surface area (Å²) in [6.45, 7) is 0. The van der Waals surface area contributed by atoms with Gasteiger partial charge in [0.25, 0.3) is 0 Å². The van der Waals surface area contributed by atoms with Gasteiger partial charge in [-0.25, -0.2) is 0 Å². The predicted octanol–water partition coefficient (Wildman–Crippen LogP) is 4.20. The largest absolute Gasteiger partial charge is 0.495 e. The van der Waals surface area contributed by atoms with E-state index in [0.29, 0.717) is 0 Å². The van der Waals surface area contributed by atoms with E-state index in [4.69, 9.17) is 4.74 Å². The van der Waals surface area contributed by atoms with Crippen LogP contribution in [0.2, 0.25) is 0 Å². The summed E-state index contributed by atoms with van der Waals surface area (Å²) in [4.78, 5) is 0. The van der Waals surface area contributed by atoms with Gasteiger partial charge in [0.15, 0.2) is 0 Å². The second-order valence-corrected chi connectivity index (χ2v) is 4.25. The highest BCUT2D eigenvalue weighted by Crippen LogP contribution is 2.27. The molecule has 2 nitrogen and oxygen atoms in total. The molecule has 0 bridgehead atoms. The Hall–Kier alpha value is -1.48. The number of para-hydroxylation sites is 2. The smallest absolute Gasteiger partial charge is 0.142 e. The van der Waals surface area contributed by atoms with Gasteiger partial charge in [-0.05, 0) is 30.3 Å². The average Bonchev–Trinajstić information content (AvgIpc) is 2.30. The van der Waals surface area contributed by atoms with E-state index in [1.807, 2.05) is 48.5 Å². The number of rotatable bonds is 3. The molecule has 82 valence electrons. The Balaban J connectivity index is 2.26. The number of benzene rings is 2. The molecule has 2 aromatic rings. The van der Waals surface area contributed by atoms with Gasteiger partial charge in [-0.1, -0.05) is 34.1 Å². The van der Waals surface area contributed by atoms with Crippen molar-refractivity contribution in [3.05, 3.63) is 53.0 Å². The molecule has 0 heterocycles. The molecule has 1 N–H and O–H groups in total. The molecule has 16 heavy (non-hydrogen) atoms. The van der Waals surface area contributed by atoms with Crippen molar-refractivity contribution >= 4 is 27.3 Å². The molecule has 0 fully saturated rings. The van der Waals surface area contributed by atoms with Crippen molar-refractivity contribution in [2.75, 3.05) is 12.4 Å². The van der Waals surface area contributed by atoms with Crippen LogP contribution in [0.1, 0.15) is 0 Å². The Bertz CT molecular complexity index is 485. The minimum atomic E-state index is 0.836. The lowest BCUT2D eigenvalue weighted by molar-refractivity contribution is 0.417. The fourth-order valence-corrected chi connectivity index (χ4v) is 1.87. The van der Waals surface area contributed by atoms with Crippen molar-refractivity contribution in [2.24, 2.45) is 0 Å². The Morgan fingerprint density at radius 2 is 1.88 bits per heavy atom. The first kappa shape index (κ1) is 11.0. The quantitative estimate of drug-likeness (QED) is 0.908. The van der Waals surface area contributed by atoms with Crippen molar-refractivity contribution < 1.29 is 4.74 Å². The normalized spacial score (nSPS) is 9.88. The number of anilines is 2. The van der Waals surface area contributed by atoms with E-state index in [-0.39, 0.29) is 0 Å². The molecule has 0 atom stereocenters. The van der Waals surface area contributed by atoms with Crippen LogP contribution in [-0.2, 0) is 0 Å². The van der Waals surface area contributed by atoms with Crippen LogP contribution < -0.4 is 10.1 Å². The van der Waals surface area contributed by atoms with Crippen LogP contribution in [0.4, 0.5) is 11.4 Å². The molecule has 0 radical (unpaired) electrons. The van der Waals surface area contributed by atoms with Gasteiger partial charge in [-0.15, -0.1) is 0 Å². The van der Waals surface area contributed by atoms with Gasteiger partial charge in [0.05, 0.1) is 12.8 Å². The molecule has 0 aliphatic rings. The van der Waals surface area contributed by atoms with Crippen LogP contribution in [0.5, 0.6) is 5.75 Å². The summed E-state index contributed by atoms with van der Waals surface area (Å²) in [5.74, 6) is 0.836. The number of hydrogen-bond acceptors (Lipinski definition) is 2. The molecule has 0 aliphatic carbocycles. The molecular formula is C13H12BrNO. The zero-order chi connectivity index (χ0) is 11.4. The predicted molar refractivity (Wildman–Crippen MR) is 70.4 cm³/mol. The fraction of sp³-hybridized carbons (Fsp3) is 0.0769. The van der Waals surface area contributed by atoms with Gasteiger partial charge in [0, 0.05) is 10.2 Å². The molecule has 0 aliphatic heterocycles. The molecule has 0 aromatic heterocycles. The monoisotopic (exact) mass is 277 g/mol. The summed E-state index contributed by atoms with van der Waals surface area (Å²) in [5.41, 5.74) is 1.99. The highest BCUT2D eigenvalue weighted by atomic mass is 79.9. The Morgan fingerprint density at radius 3 is 2.62 bits per heavy atom. The third kappa shape index (κ3) is 2.55. The van der Waals surface area contributed by atoms with E-state index in [9.17, 15) is 0 Å². The van der Waals surface area contributed by atoms with Gasteiger partial charge in [0.1, 0.15) is 5.75 Å². The first-order valence-corrected chi connectivity index (χ1v) is 5.74. The highest BCUT2D eigenvalue weighted by Gasteiger charge is 2.01. The first-order chi connectivity index (χ1) is 7.79. The minimum absolute atomic E-state index is 0.836. The maximum absolute atomic E-state index is 5.27. The molecule has 3 heteroatoms. The minimum Gasteiger partial charge on any atom is -0.495 e. The van der Waals surface area contributed by atoms with Crippen molar-refractivity contribution in [2.45, 2.75) is 0 Å². The summed E-state index contributed by atoms with van der Waals surface area (Å²) >= 11 is 3.44. The molecule has 0 unspecified atom stereocenters. The van der Waals surface area contributed by atoms with Gasteiger partial charge < -0.3 is 10.1 Å². The highest BCUT2D eigenvalue weighted by molar-refractivity contribution is 9.10. The molecule has 2 rings (SSSR count). The zero-order valence-corrected chi connectivity index (χ0v) is 10.5. The number of ether oxygens (including phenoxy) is 1. The van der Waals surface area contributed by atoms with E-state index in [2.05, 4.69) is 21.2 Å². The molecule has 0 saturated heterocycles. The Morgan fingerprint density at radius 1 is 1.06 bits per heavy atom. The summed E-state index contributed by atoms with van der Waals surface area (Å²) in [6, 6.07) is 15.9. The van der Waals surface area contributed by atoms with Crippen molar-refractivity contribution in [1.82, 2.24) is 0 Å². The molecule has 0 spiro atoms. The maximum Gasteiger partial charge on any atom is 0.142 e. The second-order valence-electron chi connectivity index (χ2n) is 3.34. The molecule has 0 amide bonds. The fourth-order valence-electron chi connectivity index (χ4n) is 1.47. The average molecular weight is 278 g/mol. The van der Waals surface area contributed by atoms with Crippen LogP contribution >= 0.6 is 15.9 Å². The van der Waals surface area contributed by atoms with E-state index in [1.54, 1.807) is 7.11 Å². The summed E-state index contributed by atoms with van der Waals surface area (Å²) in [6.07, 6.45) is 0. The number of nitrogens with one attached hydrogen (secondary N) is 1. The second kappa shape index (κ2) is 5.03. The van der Waals surface area contributed by atoms with Gasteiger partial charge >= 0.3 is 0 Å². The number of halogens is 1. The number of hydrogen-bond donors (Lipinski definition) is 1. The number of methoxy groups -OCH3 is 1. The van der Waals surface area contributed by atoms with Crippen molar-refractivity contribution in [3.63, 3.8) is 0 Å². The van der Waals surface area contributed by atoms with E-state index in [1.165, 1.54) is 0 Å². The molecular weight excluding hydrogens is 266 g/mol. The van der Waals surface area contributed by atoms with Gasteiger partial charge in [-0.2, -0.15) is 0 Å². The standard InChI is InChI=1S/C13H12BrNO/c1-16-13-8-3-2-7-12(13)15-11-6-4-5-10(14)9-11/h2-9,15H,1H3. The van der Waals surface area contributed by atoms with Crippen molar-refractivity contribution in [3.8, 4) is 5.75 Å². The molecule has 2 aromatic carbocycles. The molecule has 0 saturated carbocycles. The van der Waals surface area contributed by atoms with Crippen LogP contribution in [0, 0.1) is 0 Å².